The van der Waals surface area contributed by atoms with Crippen LogP contribution in [0.4, 0.5) is 0 Å². The third kappa shape index (κ3) is 3.16. The molecule has 0 aromatic carbocycles. The summed E-state index contributed by atoms with van der Waals surface area (Å²) in [6.45, 7) is 4.19. The fourth-order valence-corrected chi connectivity index (χ4v) is 2.36. The Labute approximate surface area is 92.7 Å². The second kappa shape index (κ2) is 5.83. The van der Waals surface area contributed by atoms with Crippen LogP contribution in [0.1, 0.15) is 51.9 Å². The van der Waals surface area contributed by atoms with Crippen LogP contribution in [0.2, 0.25) is 0 Å². The predicted molar refractivity (Wildman–Crippen MR) is 59.3 cm³/mol. The molecule has 2 unspecified atom stereocenters. The van der Waals surface area contributed by atoms with E-state index in [4.69, 9.17) is 9.57 Å². The summed E-state index contributed by atoms with van der Waals surface area (Å²) in [4.78, 5) is 5.91. The van der Waals surface area contributed by atoms with E-state index in [2.05, 4.69) is 12.0 Å². The first-order chi connectivity index (χ1) is 7.40. The number of rotatable bonds is 4. The Kier molecular flexibility index (Phi) is 4.42. The molecule has 0 bridgehead atoms. The van der Waals surface area contributed by atoms with Gasteiger partial charge in [0.25, 0.3) is 0 Å². The van der Waals surface area contributed by atoms with E-state index in [1.807, 2.05) is 0 Å². The number of unbranched alkanes of at least 4 members (excludes halogenated alkanes) is 1. The predicted octanol–water partition coefficient (Wildman–Crippen LogP) is 2.71. The van der Waals surface area contributed by atoms with Crippen molar-refractivity contribution in [3.8, 4) is 0 Å². The Morgan fingerprint density at radius 3 is 2.93 bits per heavy atom. The van der Waals surface area contributed by atoms with Crippen LogP contribution in [-0.4, -0.2) is 30.5 Å². The summed E-state index contributed by atoms with van der Waals surface area (Å²) in [6, 6.07) is 0. The van der Waals surface area contributed by atoms with Crippen LogP contribution in [0.25, 0.3) is 0 Å². The van der Waals surface area contributed by atoms with Crippen LogP contribution in [0.5, 0.6) is 0 Å². The van der Waals surface area contributed by atoms with Gasteiger partial charge >= 0.3 is 0 Å². The molecule has 2 aliphatic heterocycles. The van der Waals surface area contributed by atoms with Crippen molar-refractivity contribution in [2.45, 2.75) is 64.2 Å². The molecule has 15 heavy (non-hydrogen) atoms. The van der Waals surface area contributed by atoms with Gasteiger partial charge in [0.05, 0.1) is 6.10 Å². The molecular weight excluding hydrogens is 190 g/mol. The molecule has 0 radical (unpaired) electrons. The fraction of sp³-hybridized carbons (Fsp3) is 1.00. The molecular formula is C12H23NO2. The minimum absolute atomic E-state index is 0.241. The second-order valence-corrected chi connectivity index (χ2v) is 4.62. The maximum absolute atomic E-state index is 5.91. The maximum Gasteiger partial charge on any atom is 0.133 e. The Bertz CT molecular complexity index is 180. The first-order valence-electron chi connectivity index (χ1n) is 6.45. The summed E-state index contributed by atoms with van der Waals surface area (Å²) in [5.41, 5.74) is 0. The van der Waals surface area contributed by atoms with Gasteiger partial charge in [-0.15, -0.1) is 0 Å². The lowest BCUT2D eigenvalue weighted by Gasteiger charge is -2.30. The van der Waals surface area contributed by atoms with Gasteiger partial charge in [-0.3, -0.25) is 4.84 Å². The van der Waals surface area contributed by atoms with E-state index in [1.165, 1.54) is 38.5 Å². The van der Waals surface area contributed by atoms with E-state index in [1.54, 1.807) is 0 Å². The van der Waals surface area contributed by atoms with Crippen LogP contribution in [0, 0.1) is 0 Å². The molecule has 2 atom stereocenters. The van der Waals surface area contributed by atoms with Gasteiger partial charge in [0.15, 0.2) is 0 Å². The number of ether oxygens (including phenoxy) is 1. The second-order valence-electron chi connectivity index (χ2n) is 4.62. The number of hydrogen-bond donors (Lipinski definition) is 0. The van der Waals surface area contributed by atoms with Gasteiger partial charge < -0.3 is 4.74 Å². The highest BCUT2D eigenvalue weighted by Gasteiger charge is 2.30. The molecule has 0 aliphatic carbocycles. The van der Waals surface area contributed by atoms with Crippen molar-refractivity contribution in [1.82, 2.24) is 5.06 Å². The summed E-state index contributed by atoms with van der Waals surface area (Å²) >= 11 is 0. The van der Waals surface area contributed by atoms with E-state index in [-0.39, 0.29) is 6.23 Å². The Morgan fingerprint density at radius 2 is 2.20 bits per heavy atom. The van der Waals surface area contributed by atoms with E-state index >= 15 is 0 Å². The van der Waals surface area contributed by atoms with Crippen LogP contribution in [0.3, 0.4) is 0 Å². The smallest absolute Gasteiger partial charge is 0.133 e. The lowest BCUT2D eigenvalue weighted by molar-refractivity contribution is -0.250. The summed E-state index contributed by atoms with van der Waals surface area (Å²) in [5, 5.41) is 2.08. The summed E-state index contributed by atoms with van der Waals surface area (Å²) in [7, 11) is 0. The lowest BCUT2D eigenvalue weighted by atomic mass is 10.1. The largest absolute Gasteiger partial charge is 0.361 e. The Morgan fingerprint density at radius 1 is 1.27 bits per heavy atom. The van der Waals surface area contributed by atoms with Crippen molar-refractivity contribution in [1.29, 1.82) is 0 Å². The zero-order valence-corrected chi connectivity index (χ0v) is 9.78. The van der Waals surface area contributed by atoms with Crippen molar-refractivity contribution in [2.24, 2.45) is 0 Å². The topological polar surface area (TPSA) is 21.7 Å². The van der Waals surface area contributed by atoms with Gasteiger partial charge in [-0.1, -0.05) is 19.8 Å². The highest BCUT2D eigenvalue weighted by Crippen LogP contribution is 2.25. The standard InChI is InChI=1S/C12H23NO2/c1-2-3-6-11-8-9-13(15-11)12-7-4-5-10-14-12/h11-12H,2-10H2,1H3. The van der Waals surface area contributed by atoms with Crippen LogP contribution in [-0.2, 0) is 9.57 Å². The lowest BCUT2D eigenvalue weighted by Crippen LogP contribution is -2.37. The summed E-state index contributed by atoms with van der Waals surface area (Å²) in [5.74, 6) is 0. The molecule has 0 aromatic rings. The van der Waals surface area contributed by atoms with Gasteiger partial charge in [0, 0.05) is 13.2 Å². The zero-order chi connectivity index (χ0) is 10.5. The molecule has 3 heteroatoms. The van der Waals surface area contributed by atoms with E-state index < -0.39 is 0 Å². The molecule has 0 aromatic heterocycles. The average molecular weight is 213 g/mol. The summed E-state index contributed by atoms with van der Waals surface area (Å²) in [6.07, 6.45) is 9.26. The van der Waals surface area contributed by atoms with E-state index in [0.29, 0.717) is 6.10 Å². The molecule has 88 valence electrons. The van der Waals surface area contributed by atoms with Crippen molar-refractivity contribution in [3.63, 3.8) is 0 Å². The molecule has 0 N–H and O–H groups in total. The quantitative estimate of drug-likeness (QED) is 0.716. The average Bonchev–Trinajstić information content (AvgIpc) is 2.76. The van der Waals surface area contributed by atoms with Crippen molar-refractivity contribution < 1.29 is 9.57 Å². The third-order valence-corrected chi connectivity index (χ3v) is 3.31. The van der Waals surface area contributed by atoms with Gasteiger partial charge in [-0.2, -0.15) is 5.06 Å². The zero-order valence-electron chi connectivity index (χ0n) is 9.78. The first kappa shape index (κ1) is 11.4. The minimum Gasteiger partial charge on any atom is -0.361 e. The molecule has 2 heterocycles. The molecule has 2 fully saturated rings. The first-order valence-corrected chi connectivity index (χ1v) is 6.45. The normalized spacial score (nSPS) is 33.4. The Hall–Kier alpha value is -0.120. The molecule has 2 saturated heterocycles. The van der Waals surface area contributed by atoms with Gasteiger partial charge in [0.1, 0.15) is 6.23 Å². The van der Waals surface area contributed by atoms with E-state index in [9.17, 15) is 0 Å². The van der Waals surface area contributed by atoms with Gasteiger partial charge in [-0.25, -0.2) is 0 Å². The molecule has 0 amide bonds. The monoisotopic (exact) mass is 213 g/mol. The van der Waals surface area contributed by atoms with E-state index in [0.717, 1.165) is 19.6 Å². The Balaban J connectivity index is 1.71. The molecule has 3 nitrogen and oxygen atoms in total. The maximum atomic E-state index is 5.91. The van der Waals surface area contributed by atoms with Crippen LogP contribution < -0.4 is 0 Å². The van der Waals surface area contributed by atoms with Crippen LogP contribution in [0.15, 0.2) is 0 Å². The van der Waals surface area contributed by atoms with Gasteiger partial charge in [-0.05, 0) is 32.1 Å². The van der Waals surface area contributed by atoms with Gasteiger partial charge in [0.2, 0.25) is 0 Å². The van der Waals surface area contributed by atoms with Crippen molar-refractivity contribution in [3.05, 3.63) is 0 Å². The molecule has 2 rings (SSSR count). The van der Waals surface area contributed by atoms with Crippen molar-refractivity contribution >= 4 is 0 Å². The molecule has 2 aliphatic rings. The third-order valence-electron chi connectivity index (χ3n) is 3.31. The SMILES string of the molecule is CCCCC1CCN(C2CCCCO2)O1. The summed E-state index contributed by atoms with van der Waals surface area (Å²) < 4.78 is 5.72. The van der Waals surface area contributed by atoms with Crippen LogP contribution >= 0.6 is 0 Å². The highest BCUT2D eigenvalue weighted by molar-refractivity contribution is 4.70. The number of hydroxylamine groups is 2. The minimum atomic E-state index is 0.241. The van der Waals surface area contributed by atoms with Crippen molar-refractivity contribution in [2.75, 3.05) is 13.2 Å². The molecule has 0 spiro atoms. The number of hydrogen-bond acceptors (Lipinski definition) is 3. The fourth-order valence-electron chi connectivity index (χ4n) is 2.36. The number of nitrogens with zero attached hydrogens (tertiary/aromatic N) is 1. The molecule has 0 saturated carbocycles. The highest BCUT2D eigenvalue weighted by atomic mass is 16.7.